The van der Waals surface area contributed by atoms with Crippen LogP contribution in [-0.2, 0) is 4.79 Å². The number of carbonyl (C=O) groups is 1. The molecule has 2 aromatic heterocycles. The zero-order valence-electron chi connectivity index (χ0n) is 20.9. The maximum absolute atomic E-state index is 13.7. The predicted molar refractivity (Wildman–Crippen MR) is 141 cm³/mol. The van der Waals surface area contributed by atoms with Crippen molar-refractivity contribution >= 4 is 27.4 Å². The molecule has 6 rings (SSSR count). The lowest BCUT2D eigenvalue weighted by atomic mass is 9.70. The second kappa shape index (κ2) is 8.69. The number of rotatable bonds is 4. The topological polar surface area (TPSA) is 87.8 Å². The van der Waals surface area contributed by atoms with Gasteiger partial charge in [0.1, 0.15) is 12.1 Å². The number of carbonyl (C=O) groups excluding carboxylic acids is 1. The Bertz CT molecular complexity index is 1610. The van der Waals surface area contributed by atoms with Crippen LogP contribution in [0.5, 0.6) is 17.4 Å². The van der Waals surface area contributed by atoms with Gasteiger partial charge in [0.2, 0.25) is 5.88 Å². The molecular weight excluding hydrogens is 536 g/mol. The van der Waals surface area contributed by atoms with Crippen LogP contribution >= 0.6 is 15.9 Å². The standard InChI is InChI=1S/C28H25BrN4O4/c1-28(2)12-18(34)23-21(13-28)37-27-24(22(23)15-9-10-19(35-3)20(11-15)36-4)26-31-25(32-33(26)14-30-27)16-7-5-6-8-17(16)29/h5-11,14,22H,12-13H2,1-4H3. The van der Waals surface area contributed by atoms with Crippen LogP contribution in [0.15, 0.2) is 64.6 Å². The summed E-state index contributed by atoms with van der Waals surface area (Å²) in [4.78, 5) is 23.2. The normalized spacial score (nSPS) is 18.3. The maximum atomic E-state index is 13.7. The van der Waals surface area contributed by atoms with Crippen molar-refractivity contribution in [3.8, 4) is 28.8 Å². The van der Waals surface area contributed by atoms with E-state index in [9.17, 15) is 4.79 Å². The summed E-state index contributed by atoms with van der Waals surface area (Å²) in [5.74, 6) is 2.44. The van der Waals surface area contributed by atoms with Gasteiger partial charge in [0.25, 0.3) is 0 Å². The van der Waals surface area contributed by atoms with E-state index in [-0.39, 0.29) is 11.2 Å². The zero-order chi connectivity index (χ0) is 25.9. The third-order valence-electron chi connectivity index (χ3n) is 6.92. The third kappa shape index (κ3) is 3.89. The molecule has 37 heavy (non-hydrogen) atoms. The molecule has 1 aliphatic carbocycles. The van der Waals surface area contributed by atoms with Gasteiger partial charge in [0.15, 0.2) is 28.8 Å². The van der Waals surface area contributed by atoms with Gasteiger partial charge >= 0.3 is 0 Å². The van der Waals surface area contributed by atoms with E-state index in [0.717, 1.165) is 15.6 Å². The van der Waals surface area contributed by atoms with Gasteiger partial charge < -0.3 is 14.2 Å². The fourth-order valence-corrected chi connectivity index (χ4v) is 5.73. The third-order valence-corrected chi connectivity index (χ3v) is 7.61. The Kier molecular flexibility index (Phi) is 5.56. The van der Waals surface area contributed by atoms with Crippen molar-refractivity contribution in [1.29, 1.82) is 0 Å². The van der Waals surface area contributed by atoms with E-state index in [4.69, 9.17) is 24.3 Å². The minimum atomic E-state index is -0.449. The minimum Gasteiger partial charge on any atom is -0.493 e. The molecule has 0 radical (unpaired) electrons. The van der Waals surface area contributed by atoms with E-state index in [0.29, 0.717) is 58.6 Å². The van der Waals surface area contributed by atoms with E-state index in [1.165, 1.54) is 0 Å². The molecule has 4 aromatic rings. The Labute approximate surface area is 222 Å². The lowest BCUT2D eigenvalue weighted by Gasteiger charge is -2.37. The van der Waals surface area contributed by atoms with Crippen LogP contribution in [-0.4, -0.2) is 39.6 Å². The number of ketones is 1. The van der Waals surface area contributed by atoms with E-state index in [2.05, 4.69) is 34.8 Å². The van der Waals surface area contributed by atoms with Crippen molar-refractivity contribution in [2.75, 3.05) is 14.2 Å². The van der Waals surface area contributed by atoms with Crippen LogP contribution in [0.4, 0.5) is 0 Å². The highest BCUT2D eigenvalue weighted by atomic mass is 79.9. The van der Waals surface area contributed by atoms with Gasteiger partial charge in [0.05, 0.1) is 25.7 Å². The number of halogens is 1. The Morgan fingerprint density at radius 1 is 1.08 bits per heavy atom. The number of hydrogen-bond donors (Lipinski definition) is 0. The first kappa shape index (κ1) is 23.7. The van der Waals surface area contributed by atoms with Crippen LogP contribution in [0.2, 0.25) is 0 Å². The maximum Gasteiger partial charge on any atom is 0.228 e. The van der Waals surface area contributed by atoms with Gasteiger partial charge in [-0.3, -0.25) is 4.79 Å². The van der Waals surface area contributed by atoms with E-state index in [1.807, 2.05) is 42.5 Å². The molecule has 0 N–H and O–H groups in total. The van der Waals surface area contributed by atoms with E-state index < -0.39 is 5.92 Å². The molecule has 1 unspecified atom stereocenters. The van der Waals surface area contributed by atoms with Gasteiger partial charge in [-0.25, -0.2) is 14.5 Å². The number of benzene rings is 2. The molecule has 3 heterocycles. The molecule has 0 saturated carbocycles. The molecule has 0 saturated heterocycles. The number of hydrogen-bond acceptors (Lipinski definition) is 7. The number of fused-ring (bicyclic) bond motifs is 3. The number of Topliss-reactive ketones (excluding diaryl/α,β-unsaturated/α-hetero) is 1. The first-order chi connectivity index (χ1) is 17.8. The highest BCUT2D eigenvalue weighted by Gasteiger charge is 2.44. The molecule has 1 aliphatic heterocycles. The minimum absolute atomic E-state index is 0.0595. The monoisotopic (exact) mass is 560 g/mol. The molecule has 8 nitrogen and oxygen atoms in total. The first-order valence-electron chi connectivity index (χ1n) is 12.0. The van der Waals surface area contributed by atoms with Crippen LogP contribution < -0.4 is 14.2 Å². The largest absolute Gasteiger partial charge is 0.493 e. The van der Waals surface area contributed by atoms with Crippen molar-refractivity contribution in [3.05, 3.63) is 75.7 Å². The summed E-state index contributed by atoms with van der Waals surface area (Å²) in [5, 5.41) is 4.70. The van der Waals surface area contributed by atoms with Gasteiger partial charge in [-0.05, 0) is 35.2 Å². The summed E-state index contributed by atoms with van der Waals surface area (Å²) in [6, 6.07) is 13.5. The van der Waals surface area contributed by atoms with E-state index >= 15 is 0 Å². The zero-order valence-corrected chi connectivity index (χ0v) is 22.5. The van der Waals surface area contributed by atoms with Gasteiger partial charge in [0, 0.05) is 28.5 Å². The molecule has 188 valence electrons. The number of methoxy groups -OCH3 is 2. The Morgan fingerprint density at radius 2 is 1.86 bits per heavy atom. The smallest absolute Gasteiger partial charge is 0.228 e. The van der Waals surface area contributed by atoms with Crippen LogP contribution in [0.3, 0.4) is 0 Å². The number of nitrogens with zero attached hydrogens (tertiary/aromatic N) is 4. The molecule has 0 fully saturated rings. The van der Waals surface area contributed by atoms with Crippen molar-refractivity contribution < 1.29 is 19.0 Å². The predicted octanol–water partition coefficient (Wildman–Crippen LogP) is 5.74. The highest BCUT2D eigenvalue weighted by Crippen LogP contribution is 2.51. The second-order valence-corrected chi connectivity index (χ2v) is 10.9. The number of ether oxygens (including phenoxy) is 3. The van der Waals surface area contributed by atoms with Crippen LogP contribution in [0.25, 0.3) is 17.0 Å². The van der Waals surface area contributed by atoms with E-state index in [1.54, 1.807) is 25.1 Å². The van der Waals surface area contributed by atoms with Gasteiger partial charge in [-0.15, -0.1) is 5.10 Å². The Morgan fingerprint density at radius 3 is 2.62 bits per heavy atom. The lowest BCUT2D eigenvalue weighted by Crippen LogP contribution is -2.33. The summed E-state index contributed by atoms with van der Waals surface area (Å²) < 4.78 is 19.9. The molecular formula is C28H25BrN4O4. The molecule has 0 amide bonds. The van der Waals surface area contributed by atoms with Gasteiger partial charge in [-0.1, -0.05) is 48.0 Å². The fourth-order valence-electron chi connectivity index (χ4n) is 5.27. The molecule has 0 spiro atoms. The van der Waals surface area contributed by atoms with Crippen molar-refractivity contribution in [3.63, 3.8) is 0 Å². The average molecular weight is 561 g/mol. The molecule has 2 aromatic carbocycles. The summed E-state index contributed by atoms with van der Waals surface area (Å²) in [7, 11) is 3.20. The summed E-state index contributed by atoms with van der Waals surface area (Å²) in [6.07, 6.45) is 2.67. The number of aromatic nitrogens is 4. The van der Waals surface area contributed by atoms with Crippen molar-refractivity contribution in [2.24, 2.45) is 5.41 Å². The summed E-state index contributed by atoms with van der Waals surface area (Å²) in [5.41, 5.74) is 3.44. The molecule has 9 heteroatoms. The van der Waals surface area contributed by atoms with Crippen LogP contribution in [0.1, 0.15) is 43.7 Å². The second-order valence-electron chi connectivity index (χ2n) is 10.1. The molecule has 0 bridgehead atoms. The number of allylic oxidation sites excluding steroid dienone is 2. The summed E-state index contributed by atoms with van der Waals surface area (Å²) in [6.45, 7) is 4.16. The lowest BCUT2D eigenvalue weighted by molar-refractivity contribution is -0.118. The molecule has 2 aliphatic rings. The Balaban J connectivity index is 1.62. The van der Waals surface area contributed by atoms with Crippen molar-refractivity contribution in [2.45, 2.75) is 32.6 Å². The summed E-state index contributed by atoms with van der Waals surface area (Å²) >= 11 is 3.60. The molecule has 1 atom stereocenters. The highest BCUT2D eigenvalue weighted by molar-refractivity contribution is 9.10. The quantitative estimate of drug-likeness (QED) is 0.314. The van der Waals surface area contributed by atoms with Crippen molar-refractivity contribution in [1.82, 2.24) is 19.6 Å². The first-order valence-corrected chi connectivity index (χ1v) is 12.7. The SMILES string of the molecule is COc1ccc(C2C3=C(CC(C)(C)CC3=O)Oc3ncn4nc(-c5ccccc5Br)nc4c32)cc1OC. The Hall–Kier alpha value is -3.72. The fraction of sp³-hybridized carbons (Fsp3) is 0.286. The van der Waals surface area contributed by atoms with Gasteiger partial charge in [-0.2, -0.15) is 0 Å². The average Bonchev–Trinajstić information content (AvgIpc) is 3.31. The van der Waals surface area contributed by atoms with Crippen LogP contribution in [0, 0.1) is 5.41 Å².